The maximum Gasteiger partial charge on any atom is 0.273 e. The van der Waals surface area contributed by atoms with Crippen LogP contribution in [0.4, 0.5) is 0 Å². The summed E-state index contributed by atoms with van der Waals surface area (Å²) in [5, 5.41) is 26.8. The maximum absolute atomic E-state index is 12.4. The number of aliphatic hydroxyl groups excluding tert-OH is 1. The SMILES string of the molecule is CC[C@H](NC(=O)c1cn(C[C@H](O)c2ccsc2)nn1)c1cccs1. The quantitative estimate of drug-likeness (QED) is 0.677. The van der Waals surface area contributed by atoms with Crippen molar-refractivity contribution in [3.8, 4) is 0 Å². The highest BCUT2D eigenvalue weighted by molar-refractivity contribution is 7.10. The van der Waals surface area contributed by atoms with Crippen molar-refractivity contribution in [2.24, 2.45) is 0 Å². The molecular formula is C16H18N4O2S2. The van der Waals surface area contributed by atoms with Crippen LogP contribution in [0.25, 0.3) is 0 Å². The minimum absolute atomic E-state index is 0.0287. The first kappa shape index (κ1) is 16.8. The summed E-state index contributed by atoms with van der Waals surface area (Å²) in [6.07, 6.45) is 1.70. The van der Waals surface area contributed by atoms with Crippen molar-refractivity contribution in [1.82, 2.24) is 20.3 Å². The molecule has 3 aromatic heterocycles. The van der Waals surface area contributed by atoms with Crippen molar-refractivity contribution in [2.75, 3.05) is 0 Å². The fourth-order valence-corrected chi connectivity index (χ4v) is 3.90. The summed E-state index contributed by atoms with van der Waals surface area (Å²) in [6, 6.07) is 5.82. The Bertz CT molecular complexity index is 768. The smallest absolute Gasteiger partial charge is 0.273 e. The summed E-state index contributed by atoms with van der Waals surface area (Å²) in [7, 11) is 0. The van der Waals surface area contributed by atoms with Crippen molar-refractivity contribution in [3.63, 3.8) is 0 Å². The maximum atomic E-state index is 12.4. The molecule has 2 N–H and O–H groups in total. The third-order valence-electron chi connectivity index (χ3n) is 3.66. The molecule has 0 aliphatic carbocycles. The monoisotopic (exact) mass is 362 g/mol. The number of amides is 1. The first-order valence-corrected chi connectivity index (χ1v) is 9.44. The highest BCUT2D eigenvalue weighted by Crippen LogP contribution is 2.22. The van der Waals surface area contributed by atoms with Gasteiger partial charge in [0.25, 0.3) is 5.91 Å². The highest BCUT2D eigenvalue weighted by Gasteiger charge is 2.18. The first-order chi connectivity index (χ1) is 11.7. The van der Waals surface area contributed by atoms with Gasteiger partial charge in [-0.05, 0) is 40.3 Å². The van der Waals surface area contributed by atoms with Gasteiger partial charge in [0, 0.05) is 4.88 Å². The molecule has 0 saturated heterocycles. The predicted octanol–water partition coefficient (Wildman–Crippen LogP) is 3.02. The standard InChI is InChI=1S/C16H18N4O2S2/c1-2-12(15-4-3-6-24-15)17-16(22)13-8-20(19-18-13)9-14(21)11-5-7-23-10-11/h3-8,10,12,14,21H,2,9H2,1H3,(H,17,22)/t12-,14-/m0/s1. The topological polar surface area (TPSA) is 80.0 Å². The fraction of sp³-hybridized carbons (Fsp3) is 0.312. The van der Waals surface area contributed by atoms with E-state index in [0.717, 1.165) is 16.9 Å². The lowest BCUT2D eigenvalue weighted by Gasteiger charge is -2.14. The number of rotatable bonds is 7. The number of nitrogens with zero attached hydrogens (tertiary/aromatic N) is 3. The molecule has 0 unspecified atom stereocenters. The van der Waals surface area contributed by atoms with Crippen molar-refractivity contribution in [3.05, 3.63) is 56.7 Å². The number of thiophene rings is 2. The highest BCUT2D eigenvalue weighted by atomic mass is 32.1. The van der Waals surface area contributed by atoms with E-state index in [0.29, 0.717) is 0 Å². The zero-order chi connectivity index (χ0) is 16.9. The van der Waals surface area contributed by atoms with E-state index >= 15 is 0 Å². The summed E-state index contributed by atoms with van der Waals surface area (Å²) in [4.78, 5) is 13.5. The van der Waals surface area contributed by atoms with Crippen LogP contribution in [0.5, 0.6) is 0 Å². The van der Waals surface area contributed by atoms with Gasteiger partial charge in [-0.3, -0.25) is 4.79 Å². The lowest BCUT2D eigenvalue weighted by molar-refractivity contribution is 0.0931. The van der Waals surface area contributed by atoms with E-state index in [4.69, 9.17) is 0 Å². The molecule has 1 amide bonds. The summed E-state index contributed by atoms with van der Waals surface area (Å²) in [5.74, 6) is -0.258. The fourth-order valence-electron chi connectivity index (χ4n) is 2.33. The molecule has 2 atom stereocenters. The Morgan fingerprint density at radius 1 is 1.42 bits per heavy atom. The molecule has 0 fully saturated rings. The van der Waals surface area contributed by atoms with E-state index in [1.54, 1.807) is 17.5 Å². The second kappa shape index (κ2) is 7.69. The van der Waals surface area contributed by atoms with E-state index in [9.17, 15) is 9.90 Å². The number of aromatic nitrogens is 3. The van der Waals surface area contributed by atoms with Crippen LogP contribution in [-0.4, -0.2) is 26.0 Å². The van der Waals surface area contributed by atoms with Crippen LogP contribution >= 0.6 is 22.7 Å². The molecule has 24 heavy (non-hydrogen) atoms. The number of hydrogen-bond donors (Lipinski definition) is 2. The Morgan fingerprint density at radius 3 is 2.96 bits per heavy atom. The van der Waals surface area contributed by atoms with Crippen LogP contribution in [0, 0.1) is 0 Å². The molecular weight excluding hydrogens is 344 g/mol. The summed E-state index contributed by atoms with van der Waals surface area (Å²) in [6.45, 7) is 2.29. The lowest BCUT2D eigenvalue weighted by Crippen LogP contribution is -2.27. The molecule has 3 rings (SSSR count). The zero-order valence-corrected chi connectivity index (χ0v) is 14.8. The number of carbonyl (C=O) groups is 1. The Hall–Kier alpha value is -2.03. The largest absolute Gasteiger partial charge is 0.386 e. The Morgan fingerprint density at radius 2 is 2.29 bits per heavy atom. The Balaban J connectivity index is 1.63. The molecule has 126 valence electrons. The van der Waals surface area contributed by atoms with Crippen LogP contribution in [0.3, 0.4) is 0 Å². The van der Waals surface area contributed by atoms with Gasteiger partial charge < -0.3 is 10.4 Å². The van der Waals surface area contributed by atoms with E-state index in [2.05, 4.69) is 15.6 Å². The molecule has 0 bridgehead atoms. The van der Waals surface area contributed by atoms with Gasteiger partial charge in [-0.1, -0.05) is 18.2 Å². The summed E-state index contributed by atoms with van der Waals surface area (Å²) in [5.41, 5.74) is 1.09. The van der Waals surface area contributed by atoms with Gasteiger partial charge in [-0.2, -0.15) is 11.3 Å². The summed E-state index contributed by atoms with van der Waals surface area (Å²) >= 11 is 3.14. The molecule has 0 aliphatic heterocycles. The minimum atomic E-state index is -0.664. The summed E-state index contributed by atoms with van der Waals surface area (Å²) < 4.78 is 1.49. The molecule has 0 aromatic carbocycles. The van der Waals surface area contributed by atoms with Crippen LogP contribution in [0.1, 0.15) is 46.4 Å². The Labute approximate surface area is 147 Å². The second-order valence-electron chi connectivity index (χ2n) is 5.35. The molecule has 0 radical (unpaired) electrons. The molecule has 3 heterocycles. The van der Waals surface area contributed by atoms with Crippen molar-refractivity contribution >= 4 is 28.6 Å². The van der Waals surface area contributed by atoms with Crippen LogP contribution in [0.2, 0.25) is 0 Å². The number of hydrogen-bond acceptors (Lipinski definition) is 6. The molecule has 0 saturated carbocycles. The number of aliphatic hydroxyl groups is 1. The first-order valence-electron chi connectivity index (χ1n) is 7.62. The van der Waals surface area contributed by atoms with Crippen molar-refractivity contribution < 1.29 is 9.90 Å². The minimum Gasteiger partial charge on any atom is -0.386 e. The predicted molar refractivity (Wildman–Crippen MR) is 94.1 cm³/mol. The van der Waals surface area contributed by atoms with Gasteiger partial charge in [0.05, 0.1) is 24.9 Å². The molecule has 0 aliphatic rings. The van der Waals surface area contributed by atoms with Crippen molar-refractivity contribution in [1.29, 1.82) is 0 Å². The molecule has 0 spiro atoms. The van der Waals surface area contributed by atoms with Gasteiger partial charge in [0.2, 0.25) is 0 Å². The van der Waals surface area contributed by atoms with E-state index in [-0.39, 0.29) is 24.2 Å². The zero-order valence-electron chi connectivity index (χ0n) is 13.1. The second-order valence-corrected chi connectivity index (χ2v) is 7.11. The van der Waals surface area contributed by atoms with Gasteiger partial charge in [0.15, 0.2) is 5.69 Å². The van der Waals surface area contributed by atoms with E-state index < -0.39 is 6.10 Å². The lowest BCUT2D eigenvalue weighted by atomic mass is 10.2. The van der Waals surface area contributed by atoms with Crippen LogP contribution in [-0.2, 0) is 6.54 Å². The van der Waals surface area contributed by atoms with Gasteiger partial charge in [-0.25, -0.2) is 4.68 Å². The third kappa shape index (κ3) is 3.89. The van der Waals surface area contributed by atoms with Crippen LogP contribution in [0.15, 0.2) is 40.5 Å². The number of carbonyl (C=O) groups excluding carboxylic acids is 1. The molecule has 6 nitrogen and oxygen atoms in total. The normalized spacial score (nSPS) is 13.6. The van der Waals surface area contributed by atoms with Crippen molar-refractivity contribution in [2.45, 2.75) is 32.0 Å². The van der Waals surface area contributed by atoms with E-state index in [1.165, 1.54) is 16.0 Å². The van der Waals surface area contributed by atoms with Crippen LogP contribution < -0.4 is 5.32 Å². The molecule has 3 aromatic rings. The van der Waals surface area contributed by atoms with E-state index in [1.807, 2.05) is 41.3 Å². The van der Waals surface area contributed by atoms with Gasteiger partial charge in [0.1, 0.15) is 0 Å². The number of nitrogens with one attached hydrogen (secondary N) is 1. The molecule has 8 heteroatoms. The average molecular weight is 362 g/mol. The Kier molecular flexibility index (Phi) is 5.39. The third-order valence-corrected chi connectivity index (χ3v) is 5.35. The average Bonchev–Trinajstić information content (AvgIpc) is 3.33. The van der Waals surface area contributed by atoms with Gasteiger partial charge in [-0.15, -0.1) is 16.4 Å². The van der Waals surface area contributed by atoms with Gasteiger partial charge >= 0.3 is 0 Å².